The second-order valence-corrected chi connectivity index (χ2v) is 18.7. The van der Waals surface area contributed by atoms with Gasteiger partial charge in [0.25, 0.3) is 0 Å². The van der Waals surface area contributed by atoms with E-state index in [1.54, 1.807) is 5.57 Å². The Balaban J connectivity index is 1.68. The van der Waals surface area contributed by atoms with Crippen LogP contribution in [0.4, 0.5) is 0 Å². The number of nitrogens with two attached hydrogens (primary N) is 1. The fourth-order valence-electron chi connectivity index (χ4n) is 11.0. The molecule has 3 N–H and O–H groups in total. The topological polar surface area (TPSA) is 47.3 Å². The summed E-state index contributed by atoms with van der Waals surface area (Å²) in [5.74, 6) is 2.97. The van der Waals surface area contributed by atoms with Gasteiger partial charge >= 0.3 is 0 Å². The second-order valence-electron chi connectivity index (χ2n) is 18.7. The molecule has 0 aromatic rings. The molecule has 1 aliphatic heterocycles. The summed E-state index contributed by atoms with van der Waals surface area (Å²) in [4.78, 5) is 0. The van der Waals surface area contributed by atoms with Gasteiger partial charge in [-0.15, -0.1) is 0 Å². The summed E-state index contributed by atoms with van der Waals surface area (Å²) in [6.07, 6.45) is 19.3. The summed E-state index contributed by atoms with van der Waals surface area (Å²) in [5.41, 5.74) is 9.44. The average molecular weight is 597 g/mol. The maximum Gasteiger partial charge on any atom is 0.0650 e. The molecule has 2 fully saturated rings. The monoisotopic (exact) mass is 597 g/mol. The summed E-state index contributed by atoms with van der Waals surface area (Å²) < 4.78 is 7.01. The second kappa shape index (κ2) is 12.1. The molecule has 248 valence electrons. The van der Waals surface area contributed by atoms with Crippen molar-refractivity contribution in [2.24, 2.45) is 62.4 Å². The van der Waals surface area contributed by atoms with E-state index in [-0.39, 0.29) is 27.9 Å². The van der Waals surface area contributed by atoms with E-state index in [1.807, 2.05) is 0 Å². The summed E-state index contributed by atoms with van der Waals surface area (Å²) in [6.45, 7) is 32.3. The highest BCUT2D eigenvalue weighted by atomic mass is 16.5. The van der Waals surface area contributed by atoms with Gasteiger partial charge in [-0.2, -0.15) is 0 Å². The van der Waals surface area contributed by atoms with E-state index in [1.165, 1.54) is 44.9 Å². The van der Waals surface area contributed by atoms with E-state index in [4.69, 9.17) is 10.5 Å². The SMILES string of the molecule is CC[C@](C)(C(CCC(C)C)OCC(C)(N)C(C)C)C1CCC2C(=CC[C@]34C=CN[C@H](C(C)C)[C@@](C)(CCC23C)C4)C1(C)C. The molecule has 4 aliphatic rings. The largest absolute Gasteiger partial charge is 0.388 e. The number of hydrogen-bond donors (Lipinski definition) is 2. The Hall–Kier alpha value is -0.800. The molecule has 3 heteroatoms. The van der Waals surface area contributed by atoms with E-state index < -0.39 is 0 Å². The smallest absolute Gasteiger partial charge is 0.0650 e. The number of nitrogens with one attached hydrogen (secondary N) is 1. The van der Waals surface area contributed by atoms with Crippen molar-refractivity contribution in [1.82, 2.24) is 5.32 Å². The zero-order valence-corrected chi connectivity index (χ0v) is 30.8. The standard InChI is InChI=1S/C40H72N2O/c1-14-37(11,33(18-15-27(2)3)43-26-39(13,41)29(6)7)32-17-16-31-30(35(32,8)9)19-20-40-23-24-42-34(28(4)5)36(10,25-40)21-22-38(31,40)12/h19,23-24,27-29,31-34,42H,14-18,20-22,25-26,41H2,1-13H3/t31?,32?,33?,34-,36+,37+,38?,39?,40-/m1/s1. The highest BCUT2D eigenvalue weighted by Gasteiger charge is 2.64. The third kappa shape index (κ3) is 5.94. The Morgan fingerprint density at radius 1 is 1.00 bits per heavy atom. The van der Waals surface area contributed by atoms with Gasteiger partial charge in [0.2, 0.25) is 0 Å². The first-order valence-corrected chi connectivity index (χ1v) is 18.3. The Bertz CT molecular complexity index is 1040. The van der Waals surface area contributed by atoms with Crippen LogP contribution in [0, 0.1) is 56.7 Å². The van der Waals surface area contributed by atoms with Crippen LogP contribution in [-0.4, -0.2) is 24.3 Å². The summed E-state index contributed by atoms with van der Waals surface area (Å²) in [6, 6.07) is 0.560. The summed E-state index contributed by atoms with van der Waals surface area (Å²) >= 11 is 0. The Morgan fingerprint density at radius 2 is 1.67 bits per heavy atom. The molecule has 0 amide bonds. The predicted octanol–water partition coefficient (Wildman–Crippen LogP) is 10.3. The zero-order valence-electron chi connectivity index (χ0n) is 30.8. The lowest BCUT2D eigenvalue weighted by Crippen LogP contribution is -2.59. The molecule has 9 atom stereocenters. The van der Waals surface area contributed by atoms with E-state index in [2.05, 4.69) is 114 Å². The van der Waals surface area contributed by atoms with Crippen LogP contribution in [0.2, 0.25) is 0 Å². The van der Waals surface area contributed by atoms with Crippen molar-refractivity contribution in [2.75, 3.05) is 6.61 Å². The zero-order chi connectivity index (χ0) is 32.2. The fourth-order valence-corrected chi connectivity index (χ4v) is 11.0. The first-order valence-electron chi connectivity index (χ1n) is 18.3. The van der Waals surface area contributed by atoms with Gasteiger partial charge < -0.3 is 15.8 Å². The molecule has 0 saturated heterocycles. The number of allylic oxidation sites excluding steroid dienone is 3. The molecule has 5 unspecified atom stereocenters. The van der Waals surface area contributed by atoms with Gasteiger partial charge in [-0.05, 0) is 128 Å². The molecule has 0 aromatic carbocycles. The molecule has 0 aromatic heterocycles. The van der Waals surface area contributed by atoms with E-state index in [0.717, 1.165) is 12.8 Å². The van der Waals surface area contributed by atoms with Crippen LogP contribution in [0.1, 0.15) is 148 Å². The van der Waals surface area contributed by atoms with Crippen LogP contribution in [0.25, 0.3) is 0 Å². The van der Waals surface area contributed by atoms with Crippen molar-refractivity contribution in [2.45, 2.75) is 165 Å². The molecule has 3 aliphatic carbocycles. The summed E-state index contributed by atoms with van der Waals surface area (Å²) in [7, 11) is 0. The maximum absolute atomic E-state index is 7.01. The lowest BCUT2D eigenvalue weighted by Gasteiger charge is -2.66. The van der Waals surface area contributed by atoms with Gasteiger partial charge in [0.1, 0.15) is 0 Å². The maximum atomic E-state index is 7.01. The van der Waals surface area contributed by atoms with Crippen LogP contribution in [-0.2, 0) is 4.74 Å². The van der Waals surface area contributed by atoms with Crippen molar-refractivity contribution >= 4 is 0 Å². The molecule has 3 nitrogen and oxygen atoms in total. The van der Waals surface area contributed by atoms with Gasteiger partial charge in [-0.25, -0.2) is 0 Å². The molecule has 4 rings (SSSR count). The van der Waals surface area contributed by atoms with Gasteiger partial charge in [-0.1, -0.05) is 101 Å². The Morgan fingerprint density at radius 3 is 2.26 bits per heavy atom. The van der Waals surface area contributed by atoms with Crippen molar-refractivity contribution in [1.29, 1.82) is 0 Å². The third-order valence-electron chi connectivity index (χ3n) is 14.6. The van der Waals surface area contributed by atoms with E-state index in [9.17, 15) is 0 Å². The van der Waals surface area contributed by atoms with Crippen LogP contribution in [0.5, 0.6) is 0 Å². The molecule has 1 spiro atoms. The van der Waals surface area contributed by atoms with Gasteiger partial charge in [0, 0.05) is 11.6 Å². The first-order chi connectivity index (χ1) is 19.8. The first kappa shape index (κ1) is 35.1. The average Bonchev–Trinajstić information content (AvgIpc) is 3.03. The quantitative estimate of drug-likeness (QED) is 0.233. The molecular weight excluding hydrogens is 524 g/mol. The minimum absolute atomic E-state index is 0.106. The Labute approximate surface area is 268 Å². The highest BCUT2D eigenvalue weighted by Crippen LogP contribution is 2.71. The minimum Gasteiger partial charge on any atom is -0.388 e. The molecule has 2 saturated carbocycles. The van der Waals surface area contributed by atoms with Crippen LogP contribution < -0.4 is 11.1 Å². The minimum atomic E-state index is -0.308. The normalized spacial score (nSPS) is 38.8. The van der Waals surface area contributed by atoms with Gasteiger partial charge in [0.05, 0.1) is 12.7 Å². The van der Waals surface area contributed by atoms with Crippen LogP contribution >= 0.6 is 0 Å². The third-order valence-corrected chi connectivity index (χ3v) is 14.6. The lowest BCUT2D eigenvalue weighted by atomic mass is 9.38. The van der Waals surface area contributed by atoms with Crippen molar-refractivity contribution in [3.05, 3.63) is 23.9 Å². The number of fused-ring (bicyclic) bond motifs is 3. The molecule has 2 bridgehead atoms. The molecule has 0 radical (unpaired) electrons. The fraction of sp³-hybridized carbons (Fsp3) is 0.900. The van der Waals surface area contributed by atoms with Crippen molar-refractivity contribution in [3.63, 3.8) is 0 Å². The summed E-state index contributed by atoms with van der Waals surface area (Å²) in [5, 5.41) is 3.90. The molecular formula is C40H72N2O. The molecule has 1 heterocycles. The van der Waals surface area contributed by atoms with Gasteiger partial charge in [0.15, 0.2) is 0 Å². The van der Waals surface area contributed by atoms with E-state index in [0.29, 0.717) is 53.1 Å². The van der Waals surface area contributed by atoms with Crippen molar-refractivity contribution < 1.29 is 4.74 Å². The van der Waals surface area contributed by atoms with Gasteiger partial charge in [-0.3, -0.25) is 0 Å². The van der Waals surface area contributed by atoms with Crippen LogP contribution in [0.15, 0.2) is 23.9 Å². The number of rotatable bonds is 11. The Kier molecular flexibility index (Phi) is 9.86. The molecule has 43 heavy (non-hydrogen) atoms. The lowest BCUT2D eigenvalue weighted by molar-refractivity contribution is -0.132. The van der Waals surface area contributed by atoms with E-state index >= 15 is 0 Å². The number of ether oxygens (including phenoxy) is 1. The predicted molar refractivity (Wildman–Crippen MR) is 186 cm³/mol. The van der Waals surface area contributed by atoms with Crippen LogP contribution in [0.3, 0.4) is 0 Å². The highest BCUT2D eigenvalue weighted by molar-refractivity contribution is 5.34. The number of hydrogen-bond acceptors (Lipinski definition) is 3. The van der Waals surface area contributed by atoms with Crippen molar-refractivity contribution in [3.8, 4) is 0 Å².